The van der Waals surface area contributed by atoms with Crippen molar-refractivity contribution in [3.8, 4) is 5.75 Å². The number of para-hydroxylation sites is 1. The molecule has 3 aromatic rings. The SMILES string of the molecule is COc1ccccc1C(N)CCn1c(=O)c(Br)c(C)n(Cc2ccccc2C(F)(F)F)c1=O. The zero-order valence-electron chi connectivity index (χ0n) is 18.0. The van der Waals surface area contributed by atoms with Gasteiger partial charge >= 0.3 is 11.9 Å². The van der Waals surface area contributed by atoms with Crippen molar-refractivity contribution in [2.24, 2.45) is 5.73 Å². The average Bonchev–Trinajstić information content (AvgIpc) is 2.80. The van der Waals surface area contributed by atoms with E-state index in [0.29, 0.717) is 5.75 Å². The van der Waals surface area contributed by atoms with Crippen molar-refractivity contribution < 1.29 is 17.9 Å². The summed E-state index contributed by atoms with van der Waals surface area (Å²) in [5, 5.41) is 0. The van der Waals surface area contributed by atoms with Crippen LogP contribution in [0, 0.1) is 6.92 Å². The lowest BCUT2D eigenvalue weighted by molar-refractivity contribution is -0.138. The zero-order valence-corrected chi connectivity index (χ0v) is 19.6. The van der Waals surface area contributed by atoms with E-state index in [1.807, 2.05) is 0 Å². The fraction of sp³-hybridized carbons (Fsp3) is 0.304. The molecular formula is C23H23BrF3N3O3. The number of hydrogen-bond donors (Lipinski definition) is 1. The van der Waals surface area contributed by atoms with Gasteiger partial charge < -0.3 is 10.5 Å². The first-order chi connectivity index (χ1) is 15.6. The molecule has 1 heterocycles. The highest BCUT2D eigenvalue weighted by molar-refractivity contribution is 9.10. The fourth-order valence-corrected chi connectivity index (χ4v) is 4.08. The monoisotopic (exact) mass is 525 g/mol. The van der Waals surface area contributed by atoms with Crippen LogP contribution in [0.2, 0.25) is 0 Å². The van der Waals surface area contributed by atoms with Gasteiger partial charge in [0, 0.05) is 23.8 Å². The third kappa shape index (κ3) is 5.22. The lowest BCUT2D eigenvalue weighted by Crippen LogP contribution is -2.42. The summed E-state index contributed by atoms with van der Waals surface area (Å²) in [6.07, 6.45) is -4.33. The smallest absolute Gasteiger partial charge is 0.416 e. The van der Waals surface area contributed by atoms with Gasteiger partial charge in [-0.2, -0.15) is 13.2 Å². The Kier molecular flexibility index (Phi) is 7.48. The number of aromatic nitrogens is 2. The molecule has 0 fully saturated rings. The Morgan fingerprint density at radius 2 is 1.70 bits per heavy atom. The maximum atomic E-state index is 13.4. The van der Waals surface area contributed by atoms with Gasteiger partial charge in [0.15, 0.2) is 0 Å². The van der Waals surface area contributed by atoms with Gasteiger partial charge in [0.1, 0.15) is 10.2 Å². The number of alkyl halides is 3. The number of rotatable bonds is 7. The Morgan fingerprint density at radius 3 is 2.36 bits per heavy atom. The van der Waals surface area contributed by atoms with E-state index < -0.39 is 29.0 Å². The first-order valence-corrected chi connectivity index (χ1v) is 10.9. The maximum Gasteiger partial charge on any atom is 0.416 e. The van der Waals surface area contributed by atoms with E-state index in [9.17, 15) is 22.8 Å². The molecule has 0 radical (unpaired) electrons. The first kappa shape index (κ1) is 24.8. The third-order valence-electron chi connectivity index (χ3n) is 5.47. The van der Waals surface area contributed by atoms with E-state index in [4.69, 9.17) is 10.5 Å². The number of methoxy groups -OCH3 is 1. The highest BCUT2D eigenvalue weighted by atomic mass is 79.9. The molecule has 2 N–H and O–H groups in total. The van der Waals surface area contributed by atoms with Crippen molar-refractivity contribution in [1.29, 1.82) is 0 Å². The van der Waals surface area contributed by atoms with Gasteiger partial charge in [-0.15, -0.1) is 0 Å². The molecule has 1 unspecified atom stereocenters. The van der Waals surface area contributed by atoms with Crippen molar-refractivity contribution >= 4 is 15.9 Å². The molecule has 0 spiro atoms. The molecule has 0 aliphatic heterocycles. The van der Waals surface area contributed by atoms with E-state index in [2.05, 4.69) is 15.9 Å². The summed E-state index contributed by atoms with van der Waals surface area (Å²) in [6, 6.07) is 11.7. The molecule has 1 atom stereocenters. The molecule has 0 amide bonds. The lowest BCUT2D eigenvalue weighted by Gasteiger charge is -2.19. The molecule has 10 heteroatoms. The molecule has 33 heavy (non-hydrogen) atoms. The van der Waals surface area contributed by atoms with E-state index in [-0.39, 0.29) is 35.2 Å². The molecule has 1 aromatic heterocycles. The molecular weight excluding hydrogens is 503 g/mol. The molecule has 0 aliphatic rings. The van der Waals surface area contributed by atoms with Crippen LogP contribution in [-0.2, 0) is 19.3 Å². The van der Waals surface area contributed by atoms with Gasteiger partial charge in [0.2, 0.25) is 0 Å². The summed E-state index contributed by atoms with van der Waals surface area (Å²) in [5.41, 5.74) is 5.07. The number of nitrogens with zero attached hydrogens (tertiary/aromatic N) is 2. The number of hydrogen-bond acceptors (Lipinski definition) is 4. The Bertz CT molecular complexity index is 1270. The van der Waals surface area contributed by atoms with Crippen LogP contribution in [0.1, 0.15) is 34.8 Å². The van der Waals surface area contributed by atoms with E-state index in [1.54, 1.807) is 24.3 Å². The number of ether oxygens (including phenoxy) is 1. The Balaban J connectivity index is 1.98. The van der Waals surface area contributed by atoms with Crippen molar-refractivity contribution in [1.82, 2.24) is 9.13 Å². The van der Waals surface area contributed by atoms with Gasteiger partial charge in [-0.25, -0.2) is 4.79 Å². The van der Waals surface area contributed by atoms with Gasteiger partial charge in [-0.1, -0.05) is 36.4 Å². The summed E-state index contributed by atoms with van der Waals surface area (Å²) < 4.78 is 47.9. The molecule has 0 saturated carbocycles. The first-order valence-electron chi connectivity index (χ1n) is 10.1. The molecule has 3 rings (SSSR count). The zero-order chi connectivity index (χ0) is 24.3. The van der Waals surface area contributed by atoms with Gasteiger partial charge in [0.05, 0.1) is 19.2 Å². The van der Waals surface area contributed by atoms with Crippen LogP contribution < -0.4 is 21.7 Å². The highest BCUT2D eigenvalue weighted by Crippen LogP contribution is 2.32. The Hall–Kier alpha value is -2.85. The minimum absolute atomic E-state index is 0.0172. The molecule has 0 saturated heterocycles. The second-order valence-electron chi connectivity index (χ2n) is 7.52. The lowest BCUT2D eigenvalue weighted by atomic mass is 10.0. The Labute approximate surface area is 196 Å². The second kappa shape index (κ2) is 9.96. The normalized spacial score (nSPS) is 12.6. The summed E-state index contributed by atoms with van der Waals surface area (Å²) in [6.45, 7) is 1.16. The van der Waals surface area contributed by atoms with Crippen molar-refractivity contribution in [3.63, 3.8) is 0 Å². The van der Waals surface area contributed by atoms with Crippen LogP contribution in [0.15, 0.2) is 62.6 Å². The van der Waals surface area contributed by atoms with Crippen molar-refractivity contribution in [3.05, 3.63) is 96.2 Å². The van der Waals surface area contributed by atoms with Crippen LogP contribution >= 0.6 is 15.9 Å². The quantitative estimate of drug-likeness (QED) is 0.500. The van der Waals surface area contributed by atoms with Crippen LogP contribution in [-0.4, -0.2) is 16.2 Å². The predicted molar refractivity (Wildman–Crippen MR) is 122 cm³/mol. The van der Waals surface area contributed by atoms with Crippen LogP contribution in [0.5, 0.6) is 5.75 Å². The molecule has 176 valence electrons. The summed E-state index contributed by atoms with van der Waals surface area (Å²) in [4.78, 5) is 25.9. The summed E-state index contributed by atoms with van der Waals surface area (Å²) in [5.74, 6) is 0.587. The van der Waals surface area contributed by atoms with Crippen LogP contribution in [0.3, 0.4) is 0 Å². The number of nitrogens with two attached hydrogens (primary N) is 1. The molecule has 0 bridgehead atoms. The van der Waals surface area contributed by atoms with E-state index in [1.165, 1.54) is 32.2 Å². The average molecular weight is 526 g/mol. The number of halogens is 4. The van der Waals surface area contributed by atoms with Gasteiger partial charge in [-0.3, -0.25) is 13.9 Å². The second-order valence-corrected chi connectivity index (χ2v) is 8.31. The summed E-state index contributed by atoms with van der Waals surface area (Å²) >= 11 is 3.19. The van der Waals surface area contributed by atoms with Crippen LogP contribution in [0.25, 0.3) is 0 Å². The fourth-order valence-electron chi connectivity index (χ4n) is 3.65. The standard InChI is InChI=1S/C23H23BrF3N3O3/c1-14-20(24)21(31)29(12-11-18(28)16-8-4-6-10-19(16)33-2)22(32)30(14)13-15-7-3-5-9-17(15)23(25,26)27/h3-10,18H,11-13,28H2,1-2H3. The molecule has 6 nitrogen and oxygen atoms in total. The minimum Gasteiger partial charge on any atom is -0.496 e. The van der Waals surface area contributed by atoms with Crippen molar-refractivity contribution in [2.75, 3.05) is 7.11 Å². The van der Waals surface area contributed by atoms with Crippen LogP contribution in [0.4, 0.5) is 13.2 Å². The van der Waals surface area contributed by atoms with Crippen molar-refractivity contribution in [2.45, 2.75) is 38.7 Å². The predicted octanol–water partition coefficient (Wildman–Crippen LogP) is 4.25. The van der Waals surface area contributed by atoms with Gasteiger partial charge in [0.25, 0.3) is 5.56 Å². The van der Waals surface area contributed by atoms with E-state index in [0.717, 1.165) is 20.8 Å². The summed E-state index contributed by atoms with van der Waals surface area (Å²) in [7, 11) is 1.52. The molecule has 0 aliphatic carbocycles. The Morgan fingerprint density at radius 1 is 1.06 bits per heavy atom. The van der Waals surface area contributed by atoms with Gasteiger partial charge in [-0.05, 0) is 47.0 Å². The minimum atomic E-state index is -4.57. The largest absolute Gasteiger partial charge is 0.496 e. The topological polar surface area (TPSA) is 79.2 Å². The maximum absolute atomic E-state index is 13.4. The molecule has 2 aromatic carbocycles. The highest BCUT2D eigenvalue weighted by Gasteiger charge is 2.33. The van der Waals surface area contributed by atoms with E-state index >= 15 is 0 Å². The number of benzene rings is 2. The third-order valence-corrected chi connectivity index (χ3v) is 6.38.